The van der Waals surface area contributed by atoms with E-state index in [0.29, 0.717) is 37.7 Å². The van der Waals surface area contributed by atoms with E-state index in [1.165, 1.54) is 4.90 Å². The predicted molar refractivity (Wildman–Crippen MR) is 165 cm³/mol. The summed E-state index contributed by atoms with van der Waals surface area (Å²) in [6.07, 6.45) is -1.80. The lowest BCUT2D eigenvalue weighted by molar-refractivity contribution is -0.286. The molecule has 252 valence electrons. The highest BCUT2D eigenvalue weighted by Gasteiger charge is 2.44. The Hall–Kier alpha value is -4.28. The number of nitrogens with one attached hydrogen (secondary N) is 2. The Kier molecular flexibility index (Phi) is 8.61. The summed E-state index contributed by atoms with van der Waals surface area (Å²) in [6.45, 7) is 8.58. The van der Waals surface area contributed by atoms with E-state index < -0.39 is 35.5 Å². The Morgan fingerprint density at radius 1 is 1.23 bits per heavy atom. The molecule has 2 amide bonds. The van der Waals surface area contributed by atoms with Crippen molar-refractivity contribution in [2.24, 2.45) is 0 Å². The van der Waals surface area contributed by atoms with Crippen molar-refractivity contribution in [3.63, 3.8) is 0 Å². The minimum atomic E-state index is -3.87. The molecule has 17 heteroatoms. The largest absolute Gasteiger partial charge is 0.586 e. The number of hydrogen-bond donors (Lipinski definition) is 2. The van der Waals surface area contributed by atoms with E-state index in [-0.39, 0.29) is 59.6 Å². The molecule has 0 saturated carbocycles. The molecule has 1 unspecified atom stereocenters. The molecule has 14 nitrogen and oxygen atoms in total. The maximum absolute atomic E-state index is 14.3. The third-order valence-corrected chi connectivity index (χ3v) is 8.06. The van der Waals surface area contributed by atoms with Crippen LogP contribution in [0, 0.1) is 0 Å². The molecule has 1 saturated heterocycles. The Morgan fingerprint density at radius 2 is 1.98 bits per heavy atom. The second-order valence-corrected chi connectivity index (χ2v) is 12.6. The summed E-state index contributed by atoms with van der Waals surface area (Å²) in [7, 11) is 0. The maximum Gasteiger partial charge on any atom is 0.586 e. The SMILES string of the molecule is CCc1c(C2CNCCN2C(=O)OC(C)(C)C)c(=O)n2nc(C3=CCOCC3)nc2n1CC(=O)Nc1cc2c(cc1Cl)OC(F)(F)O2. The summed E-state index contributed by atoms with van der Waals surface area (Å²) >= 11 is 6.29. The van der Waals surface area contributed by atoms with Crippen molar-refractivity contribution in [1.29, 1.82) is 0 Å². The van der Waals surface area contributed by atoms with E-state index in [4.69, 9.17) is 21.1 Å². The van der Waals surface area contributed by atoms with Gasteiger partial charge < -0.3 is 34.1 Å². The van der Waals surface area contributed by atoms with Gasteiger partial charge in [-0.1, -0.05) is 24.6 Å². The predicted octanol–water partition coefficient (Wildman–Crippen LogP) is 3.75. The molecule has 5 heterocycles. The van der Waals surface area contributed by atoms with Crippen LogP contribution >= 0.6 is 11.6 Å². The molecule has 1 aromatic carbocycles. The smallest absolute Gasteiger partial charge is 0.444 e. The van der Waals surface area contributed by atoms with Gasteiger partial charge in [0, 0.05) is 37.5 Å². The van der Waals surface area contributed by atoms with Crippen LogP contribution in [0.2, 0.25) is 5.02 Å². The van der Waals surface area contributed by atoms with Crippen molar-refractivity contribution < 1.29 is 37.3 Å². The molecule has 1 atom stereocenters. The number of benzene rings is 1. The van der Waals surface area contributed by atoms with Gasteiger partial charge in [-0.2, -0.15) is 9.50 Å². The first-order chi connectivity index (χ1) is 22.2. The summed E-state index contributed by atoms with van der Waals surface area (Å²) in [5.41, 5.74) is 0.250. The molecule has 2 N–H and O–H groups in total. The number of halogens is 3. The van der Waals surface area contributed by atoms with Crippen LogP contribution in [-0.4, -0.2) is 80.8 Å². The minimum absolute atomic E-state index is 0.00847. The topological polar surface area (TPSA) is 151 Å². The lowest BCUT2D eigenvalue weighted by Crippen LogP contribution is -2.52. The fourth-order valence-electron chi connectivity index (χ4n) is 5.77. The highest BCUT2D eigenvalue weighted by molar-refractivity contribution is 6.34. The number of alkyl halides is 2. The Balaban J connectivity index is 1.44. The van der Waals surface area contributed by atoms with Crippen molar-refractivity contribution in [1.82, 2.24) is 29.4 Å². The van der Waals surface area contributed by atoms with Gasteiger partial charge in [0.25, 0.3) is 5.56 Å². The first-order valence-corrected chi connectivity index (χ1v) is 15.5. The average molecular weight is 678 g/mol. The summed E-state index contributed by atoms with van der Waals surface area (Å²) in [5, 5.41) is 10.4. The minimum Gasteiger partial charge on any atom is -0.444 e. The molecule has 0 aliphatic carbocycles. The first-order valence-electron chi connectivity index (χ1n) is 15.1. The number of carbonyl (C=O) groups is 2. The first kappa shape index (κ1) is 32.7. The Bertz CT molecular complexity index is 1840. The standard InChI is InChI=1S/C30H34ClF2N7O7/c1-5-19-24(20-14-34-8-9-38(20)28(43)47-29(2,3)4)26(42)40-27(36-25(37-40)16-6-10-44-11-7-16)39(19)15-23(41)35-18-13-22-21(12-17(18)31)45-30(32,33)46-22/h6,12-13,20,34H,5,7-11,14-15H2,1-4H3,(H,35,41). The number of hydrogen-bond acceptors (Lipinski definition) is 10. The second kappa shape index (κ2) is 12.4. The van der Waals surface area contributed by atoms with Crippen LogP contribution in [0.15, 0.2) is 23.0 Å². The lowest BCUT2D eigenvalue weighted by Gasteiger charge is -2.38. The quantitative estimate of drug-likeness (QED) is 0.395. The van der Waals surface area contributed by atoms with E-state index in [0.717, 1.165) is 22.2 Å². The lowest BCUT2D eigenvalue weighted by atomic mass is 10.0. The van der Waals surface area contributed by atoms with Crippen molar-refractivity contribution in [2.45, 2.75) is 65.0 Å². The Morgan fingerprint density at radius 3 is 2.66 bits per heavy atom. The van der Waals surface area contributed by atoms with Gasteiger partial charge in [-0.25, -0.2) is 4.79 Å². The molecule has 3 aromatic rings. The van der Waals surface area contributed by atoms with Crippen LogP contribution in [-0.2, 0) is 27.2 Å². The van der Waals surface area contributed by atoms with Gasteiger partial charge in [-0.15, -0.1) is 13.9 Å². The normalized spacial score (nSPS) is 19.1. The zero-order valence-corrected chi connectivity index (χ0v) is 26.9. The Labute approximate surface area is 272 Å². The third kappa shape index (κ3) is 6.62. The molecule has 3 aliphatic heterocycles. The number of anilines is 1. The van der Waals surface area contributed by atoms with Crippen molar-refractivity contribution in [3.8, 4) is 11.5 Å². The molecule has 1 fully saturated rings. The fourth-order valence-corrected chi connectivity index (χ4v) is 5.97. The van der Waals surface area contributed by atoms with Crippen LogP contribution < -0.4 is 25.7 Å². The number of aromatic nitrogens is 4. The molecule has 0 spiro atoms. The van der Waals surface area contributed by atoms with Gasteiger partial charge in [0.05, 0.1) is 35.5 Å². The maximum atomic E-state index is 14.3. The van der Waals surface area contributed by atoms with Crippen LogP contribution in [0.25, 0.3) is 11.4 Å². The van der Waals surface area contributed by atoms with E-state index in [1.54, 1.807) is 25.3 Å². The second-order valence-electron chi connectivity index (χ2n) is 12.2. The number of rotatable bonds is 6. The molecule has 0 bridgehead atoms. The summed E-state index contributed by atoms with van der Waals surface area (Å²) in [5.74, 6) is -0.756. The van der Waals surface area contributed by atoms with Crippen molar-refractivity contribution in [2.75, 3.05) is 38.2 Å². The zero-order chi connectivity index (χ0) is 33.7. The molecule has 0 radical (unpaired) electrons. The fraction of sp³-hybridized carbons (Fsp3) is 0.500. The summed E-state index contributed by atoms with van der Waals surface area (Å²) in [4.78, 5) is 47.5. The van der Waals surface area contributed by atoms with Gasteiger partial charge in [0.2, 0.25) is 11.7 Å². The van der Waals surface area contributed by atoms with E-state index >= 15 is 0 Å². The molecule has 3 aliphatic rings. The highest BCUT2D eigenvalue weighted by atomic mass is 35.5. The molecule has 2 aromatic heterocycles. The summed E-state index contributed by atoms with van der Waals surface area (Å²) in [6, 6.07) is 1.51. The van der Waals surface area contributed by atoms with E-state index in [2.05, 4.69) is 30.2 Å². The molecular formula is C30H34ClF2N7O7. The summed E-state index contributed by atoms with van der Waals surface area (Å²) < 4.78 is 50.0. The third-order valence-electron chi connectivity index (χ3n) is 7.75. The van der Waals surface area contributed by atoms with Crippen LogP contribution in [0.4, 0.5) is 19.3 Å². The number of carbonyl (C=O) groups excluding carboxylic acids is 2. The number of ether oxygens (including phenoxy) is 4. The number of nitrogens with zero attached hydrogens (tertiary/aromatic N) is 5. The monoisotopic (exact) mass is 677 g/mol. The van der Waals surface area contributed by atoms with Gasteiger partial charge >= 0.3 is 12.4 Å². The van der Waals surface area contributed by atoms with Gasteiger partial charge in [0.15, 0.2) is 17.3 Å². The highest BCUT2D eigenvalue weighted by Crippen LogP contribution is 2.45. The van der Waals surface area contributed by atoms with Crippen LogP contribution in [0.3, 0.4) is 0 Å². The number of piperazine rings is 1. The molecule has 47 heavy (non-hydrogen) atoms. The van der Waals surface area contributed by atoms with Crippen molar-refractivity contribution in [3.05, 3.63) is 50.7 Å². The number of amides is 2. The average Bonchev–Trinajstić information content (AvgIpc) is 3.58. The van der Waals surface area contributed by atoms with Gasteiger partial charge in [-0.3, -0.25) is 14.5 Å². The van der Waals surface area contributed by atoms with E-state index in [1.807, 2.05) is 13.0 Å². The van der Waals surface area contributed by atoms with Crippen LogP contribution in [0.1, 0.15) is 57.2 Å². The number of fused-ring (bicyclic) bond motifs is 2. The van der Waals surface area contributed by atoms with Gasteiger partial charge in [0.1, 0.15) is 12.1 Å². The van der Waals surface area contributed by atoms with Crippen LogP contribution in [0.5, 0.6) is 11.5 Å². The zero-order valence-electron chi connectivity index (χ0n) is 26.2. The van der Waals surface area contributed by atoms with Crippen molar-refractivity contribution >= 4 is 40.6 Å². The van der Waals surface area contributed by atoms with E-state index in [9.17, 15) is 23.2 Å². The molecule has 6 rings (SSSR count). The molecular weight excluding hydrogens is 644 g/mol. The van der Waals surface area contributed by atoms with Gasteiger partial charge in [-0.05, 0) is 39.2 Å².